The number of anilines is 2. The van der Waals surface area contributed by atoms with Gasteiger partial charge in [-0.15, -0.1) is 11.3 Å². The number of carbonyl (C=O) groups is 1. The molecule has 0 aliphatic carbocycles. The van der Waals surface area contributed by atoms with E-state index < -0.39 is 5.82 Å². The smallest absolute Gasteiger partial charge is 0.265 e. The van der Waals surface area contributed by atoms with Crippen LogP contribution in [0.3, 0.4) is 0 Å². The summed E-state index contributed by atoms with van der Waals surface area (Å²) in [5.41, 5.74) is 1.33. The Bertz CT molecular complexity index is 1240. The fourth-order valence-corrected chi connectivity index (χ4v) is 4.41. The Morgan fingerprint density at radius 1 is 1.24 bits per heavy atom. The van der Waals surface area contributed by atoms with Gasteiger partial charge in [0.05, 0.1) is 16.3 Å². The first kappa shape index (κ1) is 18.0. The van der Waals surface area contributed by atoms with Gasteiger partial charge in [-0.2, -0.15) is 0 Å². The van der Waals surface area contributed by atoms with E-state index in [1.807, 2.05) is 25.2 Å². The normalized spacial score (nSPS) is 14.5. The quantitative estimate of drug-likeness (QED) is 0.541. The number of likely N-dealkylation sites (N-methyl/N-ethyl adjacent to an activating group) is 1. The van der Waals surface area contributed by atoms with E-state index in [4.69, 9.17) is 4.98 Å². The molecule has 5 heterocycles. The Labute approximate surface area is 170 Å². The lowest BCUT2D eigenvalue weighted by atomic mass is 10.1. The number of halogens is 1. The van der Waals surface area contributed by atoms with Gasteiger partial charge >= 0.3 is 0 Å². The lowest BCUT2D eigenvalue weighted by Gasteiger charge is -2.39. The van der Waals surface area contributed by atoms with Crippen molar-refractivity contribution in [2.75, 3.05) is 30.4 Å². The number of carbonyl (C=O) groups excluding carboxylic acids is 1. The third-order valence-electron chi connectivity index (χ3n) is 5.09. The van der Waals surface area contributed by atoms with Gasteiger partial charge in [0, 0.05) is 43.0 Å². The average Bonchev–Trinajstić information content (AvgIpc) is 3.23. The highest BCUT2D eigenvalue weighted by atomic mass is 32.1. The Hall–Kier alpha value is -3.04. The van der Waals surface area contributed by atoms with E-state index in [2.05, 4.69) is 20.5 Å². The number of nitrogens with zero attached hydrogens (tertiary/aromatic N) is 4. The van der Waals surface area contributed by atoms with Gasteiger partial charge in [-0.25, -0.2) is 14.4 Å². The summed E-state index contributed by atoms with van der Waals surface area (Å²) in [6.45, 7) is 3.65. The number of rotatable bonds is 4. The molecule has 0 saturated carbocycles. The number of thiophene rings is 1. The summed E-state index contributed by atoms with van der Waals surface area (Å²) in [4.78, 5) is 25.1. The lowest BCUT2D eigenvalue weighted by Crippen LogP contribution is -2.57. The van der Waals surface area contributed by atoms with Gasteiger partial charge in [-0.1, -0.05) is 0 Å². The summed E-state index contributed by atoms with van der Waals surface area (Å²) >= 11 is 1.33. The number of hydrogen-bond acceptors (Lipinski definition) is 6. The first-order valence-corrected chi connectivity index (χ1v) is 10.1. The van der Waals surface area contributed by atoms with Crippen LogP contribution in [0.5, 0.6) is 0 Å². The van der Waals surface area contributed by atoms with Crippen molar-refractivity contribution in [3.05, 3.63) is 53.0 Å². The predicted octanol–water partition coefficient (Wildman–Crippen LogP) is 3.05. The van der Waals surface area contributed by atoms with Crippen molar-refractivity contribution in [3.63, 3.8) is 0 Å². The minimum atomic E-state index is -0.479. The number of fused-ring (bicyclic) bond motifs is 2. The molecule has 1 amide bonds. The van der Waals surface area contributed by atoms with Crippen molar-refractivity contribution in [1.82, 2.24) is 19.7 Å². The van der Waals surface area contributed by atoms with E-state index in [0.717, 1.165) is 29.1 Å². The summed E-state index contributed by atoms with van der Waals surface area (Å²) in [5, 5.41) is 6.93. The van der Waals surface area contributed by atoms with Gasteiger partial charge in [0.25, 0.3) is 5.91 Å². The second kappa shape index (κ2) is 6.78. The molecule has 0 atom stereocenters. The molecule has 5 rings (SSSR count). The van der Waals surface area contributed by atoms with E-state index >= 15 is 0 Å². The number of imidazole rings is 1. The third-order valence-corrected chi connectivity index (χ3v) is 6.13. The van der Waals surface area contributed by atoms with Crippen molar-refractivity contribution >= 4 is 44.6 Å². The molecule has 0 radical (unpaired) electrons. The third kappa shape index (κ3) is 3.22. The SMILES string of the molecule is CNC1CN(c2ccc3cc(C(=O)Nc4cc(F)c5nc(C)cn5c4)sc3n2)C1. The van der Waals surface area contributed by atoms with Crippen molar-refractivity contribution in [3.8, 4) is 0 Å². The number of pyridine rings is 2. The van der Waals surface area contributed by atoms with E-state index in [9.17, 15) is 9.18 Å². The second-order valence-electron chi connectivity index (χ2n) is 7.21. The molecular formula is C20H19FN6OS. The van der Waals surface area contributed by atoms with Crippen LogP contribution in [-0.4, -0.2) is 46.5 Å². The molecule has 4 aromatic rings. The average molecular weight is 410 g/mol. The van der Waals surface area contributed by atoms with Crippen LogP contribution in [0.15, 0.2) is 36.7 Å². The molecule has 0 bridgehead atoms. The van der Waals surface area contributed by atoms with Gasteiger partial charge in [0.2, 0.25) is 0 Å². The molecule has 1 aliphatic heterocycles. The number of amides is 1. The van der Waals surface area contributed by atoms with Crippen LogP contribution in [0.2, 0.25) is 0 Å². The van der Waals surface area contributed by atoms with Gasteiger partial charge < -0.3 is 19.9 Å². The number of aryl methyl sites for hydroxylation is 1. The molecule has 148 valence electrons. The van der Waals surface area contributed by atoms with Crippen LogP contribution in [0.1, 0.15) is 15.4 Å². The van der Waals surface area contributed by atoms with Crippen LogP contribution in [0, 0.1) is 12.7 Å². The fourth-order valence-electron chi connectivity index (χ4n) is 3.48. The highest BCUT2D eigenvalue weighted by Gasteiger charge is 2.26. The van der Waals surface area contributed by atoms with E-state index in [-0.39, 0.29) is 11.6 Å². The highest BCUT2D eigenvalue weighted by Crippen LogP contribution is 2.29. The minimum Gasteiger partial charge on any atom is -0.353 e. The van der Waals surface area contributed by atoms with E-state index in [1.54, 1.807) is 23.7 Å². The maximum absolute atomic E-state index is 14.2. The van der Waals surface area contributed by atoms with Crippen LogP contribution < -0.4 is 15.5 Å². The van der Waals surface area contributed by atoms with Gasteiger partial charge in [-0.05, 0) is 32.2 Å². The molecule has 0 aromatic carbocycles. The topological polar surface area (TPSA) is 74.6 Å². The molecule has 9 heteroatoms. The van der Waals surface area contributed by atoms with Crippen LogP contribution in [0.4, 0.5) is 15.9 Å². The largest absolute Gasteiger partial charge is 0.353 e. The molecule has 0 spiro atoms. The molecule has 1 saturated heterocycles. The number of nitrogens with one attached hydrogen (secondary N) is 2. The number of hydrogen-bond donors (Lipinski definition) is 2. The summed E-state index contributed by atoms with van der Waals surface area (Å²) in [5.74, 6) is 0.151. The molecule has 29 heavy (non-hydrogen) atoms. The maximum Gasteiger partial charge on any atom is 0.265 e. The van der Waals surface area contributed by atoms with E-state index in [1.165, 1.54) is 17.4 Å². The monoisotopic (exact) mass is 410 g/mol. The first-order valence-electron chi connectivity index (χ1n) is 9.29. The zero-order valence-corrected chi connectivity index (χ0v) is 16.8. The maximum atomic E-state index is 14.2. The molecule has 0 unspecified atom stereocenters. The van der Waals surface area contributed by atoms with Crippen LogP contribution in [0.25, 0.3) is 15.9 Å². The Balaban J connectivity index is 1.38. The van der Waals surface area contributed by atoms with Gasteiger partial charge in [0.1, 0.15) is 10.6 Å². The lowest BCUT2D eigenvalue weighted by molar-refractivity contribution is 0.103. The second-order valence-corrected chi connectivity index (χ2v) is 8.24. The van der Waals surface area contributed by atoms with Gasteiger partial charge in [-0.3, -0.25) is 4.79 Å². The van der Waals surface area contributed by atoms with Crippen molar-refractivity contribution < 1.29 is 9.18 Å². The summed E-state index contributed by atoms with van der Waals surface area (Å²) in [6, 6.07) is 7.56. The van der Waals surface area contributed by atoms with Gasteiger partial charge in [0.15, 0.2) is 11.5 Å². The molecular weight excluding hydrogens is 391 g/mol. The van der Waals surface area contributed by atoms with Crippen LogP contribution >= 0.6 is 11.3 Å². The molecule has 1 fully saturated rings. The summed E-state index contributed by atoms with van der Waals surface area (Å²) in [6.07, 6.45) is 3.37. The zero-order chi connectivity index (χ0) is 20.1. The standard InChI is InChI=1S/C20H19FN6OS/c1-11-7-27-8-13(6-15(21)18(27)23-11)24-19(28)16-5-12-3-4-17(25-20(12)29-16)26-9-14(10-26)22-2/h3-8,14,22H,9-10H2,1-2H3,(H,24,28). The van der Waals surface area contributed by atoms with E-state index in [0.29, 0.717) is 22.3 Å². The molecule has 2 N–H and O–H groups in total. The molecule has 1 aliphatic rings. The first-order chi connectivity index (χ1) is 14.0. The highest BCUT2D eigenvalue weighted by molar-refractivity contribution is 7.20. The summed E-state index contributed by atoms with van der Waals surface area (Å²) < 4.78 is 15.8. The fraction of sp³-hybridized carbons (Fsp3) is 0.250. The Morgan fingerprint density at radius 2 is 2.07 bits per heavy atom. The van der Waals surface area contributed by atoms with Crippen molar-refractivity contribution in [2.45, 2.75) is 13.0 Å². The minimum absolute atomic E-state index is 0.241. The Kier molecular flexibility index (Phi) is 4.21. The van der Waals surface area contributed by atoms with Crippen molar-refractivity contribution in [2.24, 2.45) is 0 Å². The predicted molar refractivity (Wildman–Crippen MR) is 113 cm³/mol. The zero-order valence-electron chi connectivity index (χ0n) is 15.9. The molecule has 7 nitrogen and oxygen atoms in total. The van der Waals surface area contributed by atoms with Crippen molar-refractivity contribution in [1.29, 1.82) is 0 Å². The number of aromatic nitrogens is 3. The van der Waals surface area contributed by atoms with Crippen LogP contribution in [-0.2, 0) is 0 Å². The Morgan fingerprint density at radius 3 is 2.86 bits per heavy atom. The summed E-state index contributed by atoms with van der Waals surface area (Å²) in [7, 11) is 1.96. The molecule has 4 aromatic heterocycles.